The number of ether oxygens (including phenoxy) is 1. The first-order chi connectivity index (χ1) is 7.24. The molecule has 1 aromatic rings. The lowest BCUT2D eigenvalue weighted by atomic mass is 10.2. The van der Waals surface area contributed by atoms with Gasteiger partial charge in [-0.25, -0.2) is 0 Å². The van der Waals surface area contributed by atoms with Gasteiger partial charge in [0, 0.05) is 19.2 Å². The van der Waals surface area contributed by atoms with E-state index in [1.807, 2.05) is 6.07 Å². The van der Waals surface area contributed by atoms with Crippen LogP contribution in [0.2, 0.25) is 0 Å². The molecule has 0 saturated carbocycles. The molecule has 4 heteroatoms. The molecule has 2 N–H and O–H groups in total. The second-order valence-corrected chi connectivity index (χ2v) is 3.19. The molecular weight excluding hydrogens is 194 g/mol. The zero-order valence-electron chi connectivity index (χ0n) is 8.64. The number of amides is 1. The van der Waals surface area contributed by atoms with Gasteiger partial charge in [0.25, 0.3) is 5.91 Å². The number of methoxy groups -OCH3 is 1. The van der Waals surface area contributed by atoms with Crippen LogP contribution in [-0.2, 0) is 4.74 Å². The van der Waals surface area contributed by atoms with Crippen LogP contribution < -0.4 is 5.32 Å². The van der Waals surface area contributed by atoms with Crippen molar-refractivity contribution in [3.63, 3.8) is 0 Å². The van der Waals surface area contributed by atoms with Gasteiger partial charge < -0.3 is 15.2 Å². The largest absolute Gasteiger partial charge is 0.389 e. The minimum absolute atomic E-state index is 0.189. The normalized spacial score (nSPS) is 12.1. The Morgan fingerprint density at radius 1 is 1.47 bits per heavy atom. The molecular formula is C11H15NO3. The van der Waals surface area contributed by atoms with Crippen molar-refractivity contribution in [2.45, 2.75) is 6.10 Å². The Bertz CT molecular complexity index is 300. The molecule has 1 rings (SSSR count). The minimum atomic E-state index is -0.664. The van der Waals surface area contributed by atoms with E-state index in [4.69, 9.17) is 4.74 Å². The van der Waals surface area contributed by atoms with E-state index in [-0.39, 0.29) is 19.1 Å². The summed E-state index contributed by atoms with van der Waals surface area (Å²) in [4.78, 5) is 11.5. The molecule has 1 unspecified atom stereocenters. The third-order valence-electron chi connectivity index (χ3n) is 1.89. The van der Waals surface area contributed by atoms with Gasteiger partial charge >= 0.3 is 0 Å². The Morgan fingerprint density at radius 2 is 2.13 bits per heavy atom. The van der Waals surface area contributed by atoms with E-state index in [2.05, 4.69) is 5.32 Å². The van der Waals surface area contributed by atoms with Gasteiger partial charge in [-0.3, -0.25) is 4.79 Å². The Balaban J connectivity index is 2.37. The van der Waals surface area contributed by atoms with E-state index in [9.17, 15) is 9.90 Å². The SMILES string of the molecule is COCC(O)CNC(=O)c1ccccc1. The Morgan fingerprint density at radius 3 is 2.73 bits per heavy atom. The number of aliphatic hydroxyl groups excluding tert-OH is 1. The fourth-order valence-electron chi connectivity index (χ4n) is 1.15. The van der Waals surface area contributed by atoms with Crippen molar-refractivity contribution in [3.05, 3.63) is 35.9 Å². The van der Waals surface area contributed by atoms with Crippen molar-refractivity contribution >= 4 is 5.91 Å². The van der Waals surface area contributed by atoms with E-state index in [1.165, 1.54) is 7.11 Å². The maximum atomic E-state index is 11.5. The van der Waals surface area contributed by atoms with Crippen LogP contribution in [0.15, 0.2) is 30.3 Å². The zero-order valence-corrected chi connectivity index (χ0v) is 8.64. The number of rotatable bonds is 5. The van der Waals surface area contributed by atoms with Crippen LogP contribution in [-0.4, -0.2) is 37.4 Å². The van der Waals surface area contributed by atoms with E-state index in [0.717, 1.165) is 0 Å². The van der Waals surface area contributed by atoms with Crippen LogP contribution in [0.1, 0.15) is 10.4 Å². The molecule has 0 aromatic heterocycles. The summed E-state index contributed by atoms with van der Waals surface area (Å²) < 4.78 is 4.74. The number of carbonyl (C=O) groups is 1. The Hall–Kier alpha value is -1.39. The van der Waals surface area contributed by atoms with Gasteiger partial charge in [-0.05, 0) is 12.1 Å². The number of carbonyl (C=O) groups excluding carboxylic acids is 1. The molecule has 1 amide bonds. The number of hydrogen-bond acceptors (Lipinski definition) is 3. The van der Waals surface area contributed by atoms with Crippen molar-refractivity contribution in [1.29, 1.82) is 0 Å². The molecule has 0 spiro atoms. The molecule has 0 radical (unpaired) electrons. The van der Waals surface area contributed by atoms with E-state index >= 15 is 0 Å². The average molecular weight is 209 g/mol. The molecule has 82 valence electrons. The van der Waals surface area contributed by atoms with Gasteiger partial charge in [-0.1, -0.05) is 18.2 Å². The van der Waals surface area contributed by atoms with Crippen molar-refractivity contribution in [1.82, 2.24) is 5.32 Å². The van der Waals surface area contributed by atoms with Crippen molar-refractivity contribution < 1.29 is 14.6 Å². The summed E-state index contributed by atoms with van der Waals surface area (Å²) in [5, 5.41) is 11.9. The smallest absolute Gasteiger partial charge is 0.251 e. The third kappa shape index (κ3) is 4.10. The summed E-state index contributed by atoms with van der Waals surface area (Å²) in [6.45, 7) is 0.413. The van der Waals surface area contributed by atoms with Gasteiger partial charge in [0.2, 0.25) is 0 Å². The maximum absolute atomic E-state index is 11.5. The summed E-state index contributed by atoms with van der Waals surface area (Å²) in [6.07, 6.45) is -0.664. The molecule has 15 heavy (non-hydrogen) atoms. The fraction of sp³-hybridized carbons (Fsp3) is 0.364. The number of hydrogen-bond donors (Lipinski definition) is 2. The van der Waals surface area contributed by atoms with Gasteiger partial charge in [0.15, 0.2) is 0 Å². The topological polar surface area (TPSA) is 58.6 Å². The highest BCUT2D eigenvalue weighted by Crippen LogP contribution is 1.97. The van der Waals surface area contributed by atoms with Crippen LogP contribution in [0, 0.1) is 0 Å². The number of benzene rings is 1. The van der Waals surface area contributed by atoms with Crippen molar-refractivity contribution in [2.75, 3.05) is 20.3 Å². The van der Waals surface area contributed by atoms with Crippen molar-refractivity contribution in [3.8, 4) is 0 Å². The first kappa shape index (κ1) is 11.7. The molecule has 1 aromatic carbocycles. The second kappa shape index (κ2) is 6.16. The van der Waals surface area contributed by atoms with Crippen LogP contribution >= 0.6 is 0 Å². The third-order valence-corrected chi connectivity index (χ3v) is 1.89. The first-order valence-corrected chi connectivity index (χ1v) is 4.74. The highest BCUT2D eigenvalue weighted by molar-refractivity contribution is 5.94. The van der Waals surface area contributed by atoms with Gasteiger partial charge in [-0.2, -0.15) is 0 Å². The fourth-order valence-corrected chi connectivity index (χ4v) is 1.15. The molecule has 1 atom stereocenters. The minimum Gasteiger partial charge on any atom is -0.389 e. The maximum Gasteiger partial charge on any atom is 0.251 e. The highest BCUT2D eigenvalue weighted by Gasteiger charge is 2.07. The zero-order chi connectivity index (χ0) is 11.1. The molecule has 0 fully saturated rings. The lowest BCUT2D eigenvalue weighted by Gasteiger charge is -2.10. The second-order valence-electron chi connectivity index (χ2n) is 3.19. The van der Waals surface area contributed by atoms with Crippen molar-refractivity contribution in [2.24, 2.45) is 0 Å². The van der Waals surface area contributed by atoms with Crippen LogP contribution in [0.3, 0.4) is 0 Å². The lowest BCUT2D eigenvalue weighted by Crippen LogP contribution is -2.34. The van der Waals surface area contributed by atoms with E-state index in [0.29, 0.717) is 5.56 Å². The van der Waals surface area contributed by atoms with E-state index < -0.39 is 6.10 Å². The summed E-state index contributed by atoms with van der Waals surface area (Å²) in [7, 11) is 1.50. The molecule has 0 heterocycles. The Labute approximate surface area is 88.9 Å². The van der Waals surface area contributed by atoms with Crippen LogP contribution in [0.25, 0.3) is 0 Å². The average Bonchev–Trinajstić information content (AvgIpc) is 2.27. The predicted octanol–water partition coefficient (Wildman–Crippen LogP) is 0.424. The van der Waals surface area contributed by atoms with Gasteiger partial charge in [0.05, 0.1) is 12.7 Å². The standard InChI is InChI=1S/C11H15NO3/c1-15-8-10(13)7-12-11(14)9-5-3-2-4-6-9/h2-6,10,13H,7-8H2,1H3,(H,12,14). The molecule has 0 aliphatic rings. The monoisotopic (exact) mass is 209 g/mol. The number of nitrogens with one attached hydrogen (secondary N) is 1. The summed E-state index contributed by atoms with van der Waals surface area (Å²) >= 11 is 0. The van der Waals surface area contributed by atoms with Crippen LogP contribution in [0.4, 0.5) is 0 Å². The Kier molecular flexibility index (Phi) is 4.80. The van der Waals surface area contributed by atoms with E-state index in [1.54, 1.807) is 24.3 Å². The number of aliphatic hydroxyl groups is 1. The van der Waals surface area contributed by atoms with Crippen LogP contribution in [0.5, 0.6) is 0 Å². The van der Waals surface area contributed by atoms with Gasteiger partial charge in [0.1, 0.15) is 0 Å². The summed E-state index contributed by atoms with van der Waals surface area (Å²) in [6, 6.07) is 8.87. The first-order valence-electron chi connectivity index (χ1n) is 4.74. The van der Waals surface area contributed by atoms with Gasteiger partial charge in [-0.15, -0.1) is 0 Å². The molecule has 4 nitrogen and oxygen atoms in total. The lowest BCUT2D eigenvalue weighted by molar-refractivity contribution is 0.0610. The summed E-state index contributed by atoms with van der Waals surface area (Å²) in [5.41, 5.74) is 0.585. The predicted molar refractivity (Wildman–Crippen MR) is 56.7 cm³/mol. The quantitative estimate of drug-likeness (QED) is 0.739. The molecule has 0 bridgehead atoms. The molecule has 0 aliphatic carbocycles. The summed E-state index contributed by atoms with van der Waals surface area (Å²) in [5.74, 6) is -0.189. The highest BCUT2D eigenvalue weighted by atomic mass is 16.5. The molecule has 0 aliphatic heterocycles. The molecule has 0 saturated heterocycles.